The molecule has 5 aromatic rings. The van der Waals surface area contributed by atoms with Crippen LogP contribution in [0.4, 0.5) is 4.39 Å². The van der Waals surface area contributed by atoms with Gasteiger partial charge in [-0.1, -0.05) is 30.3 Å². The molecule has 0 spiro atoms. The Morgan fingerprint density at radius 1 is 1.05 bits per heavy atom. The molecule has 0 aliphatic heterocycles. The minimum Gasteiger partial charge on any atom is -0.497 e. The van der Waals surface area contributed by atoms with E-state index in [1.54, 1.807) is 31.4 Å². The quantitative estimate of drug-likeness (QED) is 0.208. The molecule has 10 nitrogen and oxygen atoms in total. The molecular weight excluding hydrogens is 573 g/mol. The Morgan fingerprint density at radius 2 is 1.79 bits per heavy atom. The second kappa shape index (κ2) is 12.1. The van der Waals surface area contributed by atoms with E-state index in [-0.39, 0.29) is 17.8 Å². The standard InChI is InChI=1S/C31H30FN5O5S/c1-36(2)43(40,41)37-19-21(23-8-5-7-11-29(23)37)16-28(35-30(38)24-9-4-6-10-26(24)32)31(39)33-15-14-20-18-34-27-13-12-22(42-3)17-25(20)27/h4-13,16-19,34H,14-15H2,1-3H3,(H,33,39)(H,35,38)/b28-16-. The number of ether oxygens (including phenoxy) is 1. The van der Waals surface area contributed by atoms with Crippen molar-refractivity contribution in [3.63, 3.8) is 0 Å². The summed E-state index contributed by atoms with van der Waals surface area (Å²) in [5, 5.41) is 6.82. The summed E-state index contributed by atoms with van der Waals surface area (Å²) >= 11 is 0. The molecule has 2 heterocycles. The maximum Gasteiger partial charge on any atom is 0.307 e. The fraction of sp³-hybridized carbons (Fsp3) is 0.161. The number of nitrogens with zero attached hydrogens (tertiary/aromatic N) is 2. The summed E-state index contributed by atoms with van der Waals surface area (Å²) in [7, 11) is 0.514. The Morgan fingerprint density at radius 3 is 2.53 bits per heavy atom. The lowest BCUT2D eigenvalue weighted by molar-refractivity contribution is -0.117. The van der Waals surface area contributed by atoms with Gasteiger partial charge < -0.3 is 20.4 Å². The van der Waals surface area contributed by atoms with Crippen molar-refractivity contribution in [2.24, 2.45) is 0 Å². The maximum absolute atomic E-state index is 14.4. The number of halogens is 1. The van der Waals surface area contributed by atoms with Crippen molar-refractivity contribution in [3.05, 3.63) is 107 Å². The molecule has 5 rings (SSSR count). The van der Waals surface area contributed by atoms with Crippen LogP contribution in [0.25, 0.3) is 27.9 Å². The number of amides is 2. The van der Waals surface area contributed by atoms with Gasteiger partial charge in [0, 0.05) is 54.9 Å². The SMILES string of the molecule is COc1ccc2[nH]cc(CCNC(=O)/C(=C/c3cn(S(=O)(=O)N(C)C)c4ccccc34)NC(=O)c3ccccc3F)c2c1. The van der Waals surface area contributed by atoms with Crippen LogP contribution in [-0.4, -0.2) is 61.2 Å². The number of carbonyl (C=O) groups is 2. The number of nitrogens with one attached hydrogen (secondary N) is 3. The number of benzene rings is 3. The summed E-state index contributed by atoms with van der Waals surface area (Å²) in [4.78, 5) is 29.7. The van der Waals surface area contributed by atoms with Crippen LogP contribution in [0.15, 0.2) is 84.8 Å². The highest BCUT2D eigenvalue weighted by atomic mass is 32.2. The number of rotatable bonds is 10. The molecule has 0 fully saturated rings. The molecule has 2 amide bonds. The van der Waals surface area contributed by atoms with Gasteiger partial charge in [0.15, 0.2) is 0 Å². The van der Waals surface area contributed by atoms with Crippen LogP contribution in [0.1, 0.15) is 21.5 Å². The second-order valence-corrected chi connectivity index (χ2v) is 11.9. The number of hydrogen-bond donors (Lipinski definition) is 3. The second-order valence-electron chi connectivity index (χ2n) is 9.91. The van der Waals surface area contributed by atoms with Gasteiger partial charge in [-0.25, -0.2) is 8.36 Å². The predicted octanol–water partition coefficient (Wildman–Crippen LogP) is 4.05. The largest absolute Gasteiger partial charge is 0.497 e. The Hall–Kier alpha value is -4.94. The monoisotopic (exact) mass is 603 g/mol. The molecule has 3 N–H and O–H groups in total. The maximum atomic E-state index is 14.4. The first-order valence-corrected chi connectivity index (χ1v) is 14.7. The summed E-state index contributed by atoms with van der Waals surface area (Å²) in [6, 6.07) is 17.9. The fourth-order valence-electron chi connectivity index (χ4n) is 4.70. The van der Waals surface area contributed by atoms with Crippen LogP contribution in [0.2, 0.25) is 0 Å². The number of fused-ring (bicyclic) bond motifs is 2. The molecule has 0 saturated carbocycles. The number of para-hydroxylation sites is 1. The van der Waals surface area contributed by atoms with E-state index in [1.807, 2.05) is 24.4 Å². The van der Waals surface area contributed by atoms with Crippen LogP contribution in [-0.2, 0) is 21.4 Å². The number of methoxy groups -OCH3 is 1. The molecule has 0 atom stereocenters. The summed E-state index contributed by atoms with van der Waals surface area (Å²) < 4.78 is 48.0. The zero-order valence-corrected chi connectivity index (χ0v) is 24.5. The van der Waals surface area contributed by atoms with Crippen molar-refractivity contribution in [1.82, 2.24) is 23.9 Å². The molecule has 222 valence electrons. The van der Waals surface area contributed by atoms with E-state index in [2.05, 4.69) is 15.6 Å². The fourth-order valence-corrected chi connectivity index (χ4v) is 5.71. The van der Waals surface area contributed by atoms with E-state index in [4.69, 9.17) is 4.74 Å². The van der Waals surface area contributed by atoms with Crippen LogP contribution in [0.5, 0.6) is 5.75 Å². The number of hydrogen-bond acceptors (Lipinski definition) is 5. The predicted molar refractivity (Wildman–Crippen MR) is 163 cm³/mol. The van der Waals surface area contributed by atoms with Gasteiger partial charge in [0.2, 0.25) is 0 Å². The van der Waals surface area contributed by atoms with Gasteiger partial charge >= 0.3 is 10.2 Å². The average Bonchev–Trinajstić information content (AvgIpc) is 3.58. The molecule has 0 saturated heterocycles. The normalized spacial score (nSPS) is 12.2. The van der Waals surface area contributed by atoms with Crippen molar-refractivity contribution < 1.29 is 27.1 Å². The third-order valence-electron chi connectivity index (χ3n) is 6.98. The first kappa shape index (κ1) is 29.5. The number of H-pyrrole nitrogens is 1. The highest BCUT2D eigenvalue weighted by Crippen LogP contribution is 2.26. The number of aromatic amines is 1. The highest BCUT2D eigenvalue weighted by Gasteiger charge is 2.22. The smallest absolute Gasteiger partial charge is 0.307 e. The molecule has 0 aliphatic rings. The summed E-state index contributed by atoms with van der Waals surface area (Å²) in [5.74, 6) is -1.50. The van der Waals surface area contributed by atoms with Crippen molar-refractivity contribution >= 4 is 49.9 Å². The van der Waals surface area contributed by atoms with Gasteiger partial charge in [-0.3, -0.25) is 9.59 Å². The minimum atomic E-state index is -3.90. The van der Waals surface area contributed by atoms with Gasteiger partial charge in [-0.05, 0) is 54.5 Å². The van der Waals surface area contributed by atoms with Crippen LogP contribution in [0, 0.1) is 5.82 Å². The zero-order chi connectivity index (χ0) is 30.7. The third-order valence-corrected chi connectivity index (χ3v) is 8.71. The van der Waals surface area contributed by atoms with Crippen LogP contribution >= 0.6 is 0 Å². The molecular formula is C31H30FN5O5S. The Balaban J connectivity index is 1.48. The molecule has 43 heavy (non-hydrogen) atoms. The Labute approximate surface area is 247 Å². The third kappa shape index (κ3) is 6.01. The molecule has 0 bridgehead atoms. The lowest BCUT2D eigenvalue weighted by Gasteiger charge is -2.13. The van der Waals surface area contributed by atoms with E-state index in [1.165, 1.54) is 44.6 Å². The Kier molecular flexibility index (Phi) is 8.33. The number of aromatic nitrogens is 2. The van der Waals surface area contributed by atoms with E-state index in [0.29, 0.717) is 28.6 Å². The van der Waals surface area contributed by atoms with Gasteiger partial charge in [-0.2, -0.15) is 12.7 Å². The lowest BCUT2D eigenvalue weighted by atomic mass is 10.1. The Bertz CT molecular complexity index is 1980. The van der Waals surface area contributed by atoms with Crippen molar-refractivity contribution in [3.8, 4) is 5.75 Å². The molecule has 0 unspecified atom stereocenters. The first-order chi connectivity index (χ1) is 20.6. The summed E-state index contributed by atoms with van der Waals surface area (Å²) in [5.41, 5.74) is 2.20. The van der Waals surface area contributed by atoms with Crippen LogP contribution < -0.4 is 15.4 Å². The lowest BCUT2D eigenvalue weighted by Crippen LogP contribution is -2.36. The van der Waals surface area contributed by atoms with Crippen molar-refractivity contribution in [2.75, 3.05) is 27.7 Å². The van der Waals surface area contributed by atoms with E-state index in [9.17, 15) is 22.4 Å². The average molecular weight is 604 g/mol. The van der Waals surface area contributed by atoms with Gasteiger partial charge in [0.25, 0.3) is 11.8 Å². The van der Waals surface area contributed by atoms with Crippen molar-refractivity contribution in [2.45, 2.75) is 6.42 Å². The zero-order valence-electron chi connectivity index (χ0n) is 23.7. The molecule has 12 heteroatoms. The highest BCUT2D eigenvalue weighted by molar-refractivity contribution is 7.87. The molecule has 0 radical (unpaired) electrons. The van der Waals surface area contributed by atoms with Gasteiger partial charge in [0.1, 0.15) is 17.3 Å². The topological polar surface area (TPSA) is 126 Å². The first-order valence-electron chi connectivity index (χ1n) is 13.3. The van der Waals surface area contributed by atoms with E-state index >= 15 is 0 Å². The van der Waals surface area contributed by atoms with Gasteiger partial charge in [-0.15, -0.1) is 0 Å². The minimum absolute atomic E-state index is 0.181. The van der Waals surface area contributed by atoms with Gasteiger partial charge in [0.05, 0.1) is 18.2 Å². The molecule has 2 aromatic heterocycles. The number of carbonyl (C=O) groups excluding carboxylic acids is 2. The van der Waals surface area contributed by atoms with E-state index in [0.717, 1.165) is 30.8 Å². The van der Waals surface area contributed by atoms with Crippen LogP contribution in [0.3, 0.4) is 0 Å². The summed E-state index contributed by atoms with van der Waals surface area (Å²) in [6.45, 7) is 0.215. The van der Waals surface area contributed by atoms with Crippen molar-refractivity contribution in [1.29, 1.82) is 0 Å². The molecule has 3 aromatic carbocycles. The molecule has 0 aliphatic carbocycles. The summed E-state index contributed by atoms with van der Waals surface area (Å²) in [6.07, 6.45) is 5.08. The van der Waals surface area contributed by atoms with E-state index < -0.39 is 27.8 Å².